The van der Waals surface area contributed by atoms with Gasteiger partial charge < -0.3 is 5.11 Å². The topological polar surface area (TPSA) is 38.1 Å². The monoisotopic (exact) mass is 240 g/mol. The molecule has 13 heavy (non-hydrogen) atoms. The molecule has 0 radical (unpaired) electrons. The summed E-state index contributed by atoms with van der Waals surface area (Å²) in [5.41, 5.74) is 1.91. The number of fused-ring (bicyclic) bond motifs is 1. The number of phenolic OH excluding ortho intramolecular Hbond substituents is 1. The van der Waals surface area contributed by atoms with Gasteiger partial charge in [0.05, 0.1) is 9.99 Å². The number of benzene rings is 1. The molecule has 1 aromatic heterocycles. The molecule has 0 amide bonds. The molecule has 4 heteroatoms. The van der Waals surface area contributed by atoms with E-state index < -0.39 is 0 Å². The van der Waals surface area contributed by atoms with Gasteiger partial charge in [-0.2, -0.15) is 5.10 Å². The molecule has 1 N–H and O–H groups in total. The van der Waals surface area contributed by atoms with Gasteiger partial charge in [0.2, 0.25) is 0 Å². The summed E-state index contributed by atoms with van der Waals surface area (Å²) in [6.45, 7) is 2.00. The summed E-state index contributed by atoms with van der Waals surface area (Å²) >= 11 is 3.27. The van der Waals surface area contributed by atoms with Gasteiger partial charge in [0.15, 0.2) is 0 Å². The highest BCUT2D eigenvalue weighted by atomic mass is 79.9. The summed E-state index contributed by atoms with van der Waals surface area (Å²) in [7, 11) is 1.89. The average molecular weight is 241 g/mol. The van der Waals surface area contributed by atoms with Crippen molar-refractivity contribution in [3.8, 4) is 5.75 Å². The largest absolute Gasteiger partial charge is 0.507 e. The van der Waals surface area contributed by atoms with Crippen LogP contribution in [0, 0.1) is 6.92 Å². The van der Waals surface area contributed by atoms with Crippen LogP contribution in [0.4, 0.5) is 0 Å². The van der Waals surface area contributed by atoms with Crippen LogP contribution in [0.5, 0.6) is 5.75 Å². The molecule has 0 saturated carbocycles. The van der Waals surface area contributed by atoms with Gasteiger partial charge in [0.1, 0.15) is 5.75 Å². The number of aromatic hydroxyl groups is 1. The highest BCUT2D eigenvalue weighted by molar-refractivity contribution is 9.10. The minimum absolute atomic E-state index is 0.227. The number of aryl methyl sites for hydroxylation is 2. The van der Waals surface area contributed by atoms with Crippen molar-refractivity contribution in [3.05, 3.63) is 22.3 Å². The first kappa shape index (κ1) is 8.56. The molecule has 0 atom stereocenters. The SMILES string of the molecule is Cc1c2cc(Br)c(O)cc2nn1C. The smallest absolute Gasteiger partial charge is 0.132 e. The fraction of sp³-hybridized carbons (Fsp3) is 0.222. The molecule has 1 heterocycles. The molecule has 68 valence electrons. The second-order valence-electron chi connectivity index (χ2n) is 3.03. The van der Waals surface area contributed by atoms with Gasteiger partial charge in [-0.05, 0) is 28.9 Å². The summed E-state index contributed by atoms with van der Waals surface area (Å²) in [5, 5.41) is 14.7. The Hall–Kier alpha value is -1.03. The van der Waals surface area contributed by atoms with Crippen molar-refractivity contribution in [3.63, 3.8) is 0 Å². The Kier molecular flexibility index (Phi) is 1.80. The number of halogens is 1. The van der Waals surface area contributed by atoms with E-state index >= 15 is 0 Å². The molecule has 0 aliphatic carbocycles. The van der Waals surface area contributed by atoms with Crippen LogP contribution in [-0.2, 0) is 7.05 Å². The van der Waals surface area contributed by atoms with E-state index in [1.54, 1.807) is 10.7 Å². The summed E-state index contributed by atoms with van der Waals surface area (Å²) < 4.78 is 2.51. The van der Waals surface area contributed by atoms with Crippen molar-refractivity contribution in [2.45, 2.75) is 6.92 Å². The number of nitrogens with zero attached hydrogens (tertiary/aromatic N) is 2. The highest BCUT2D eigenvalue weighted by Gasteiger charge is 2.07. The number of hydrogen-bond acceptors (Lipinski definition) is 2. The second-order valence-corrected chi connectivity index (χ2v) is 3.88. The lowest BCUT2D eigenvalue weighted by atomic mass is 10.2. The fourth-order valence-corrected chi connectivity index (χ4v) is 1.68. The lowest BCUT2D eigenvalue weighted by Crippen LogP contribution is -1.91. The molecule has 3 nitrogen and oxygen atoms in total. The summed E-state index contributed by atoms with van der Waals surface area (Å²) in [5.74, 6) is 0.227. The predicted molar refractivity (Wildman–Crippen MR) is 54.8 cm³/mol. The molecule has 2 aromatic rings. The first-order valence-corrected chi connectivity index (χ1v) is 4.70. The zero-order valence-corrected chi connectivity index (χ0v) is 8.96. The predicted octanol–water partition coefficient (Wildman–Crippen LogP) is 2.35. The molecule has 1 aromatic carbocycles. The zero-order chi connectivity index (χ0) is 9.59. The van der Waals surface area contributed by atoms with Gasteiger partial charge in [-0.15, -0.1) is 0 Å². The highest BCUT2D eigenvalue weighted by Crippen LogP contribution is 2.29. The van der Waals surface area contributed by atoms with E-state index in [0.29, 0.717) is 4.47 Å². The molecule has 0 unspecified atom stereocenters. The van der Waals surface area contributed by atoms with Gasteiger partial charge in [-0.25, -0.2) is 0 Å². The number of phenols is 1. The van der Waals surface area contributed by atoms with Crippen LogP contribution in [0.15, 0.2) is 16.6 Å². The van der Waals surface area contributed by atoms with Crippen molar-refractivity contribution in [1.82, 2.24) is 9.78 Å². The van der Waals surface area contributed by atoms with E-state index in [4.69, 9.17) is 0 Å². The van der Waals surface area contributed by atoms with E-state index in [0.717, 1.165) is 16.6 Å². The van der Waals surface area contributed by atoms with Gasteiger partial charge in [-0.1, -0.05) is 0 Å². The van der Waals surface area contributed by atoms with Crippen molar-refractivity contribution >= 4 is 26.8 Å². The molecule has 0 bridgehead atoms. The maximum absolute atomic E-state index is 9.42. The average Bonchev–Trinajstić information content (AvgIpc) is 2.32. The number of rotatable bonds is 0. The molecular formula is C9H9BrN2O. The second kappa shape index (κ2) is 2.73. The molecular weight excluding hydrogens is 232 g/mol. The van der Waals surface area contributed by atoms with Crippen molar-refractivity contribution in [1.29, 1.82) is 0 Å². The van der Waals surface area contributed by atoms with Crippen LogP contribution in [0.1, 0.15) is 5.69 Å². The lowest BCUT2D eigenvalue weighted by Gasteiger charge is -1.95. The molecule has 2 rings (SSSR count). The Balaban J connectivity index is 2.89. The van der Waals surface area contributed by atoms with E-state index in [-0.39, 0.29) is 5.75 Å². The van der Waals surface area contributed by atoms with E-state index in [1.165, 1.54) is 0 Å². The molecule has 0 aliphatic heterocycles. The van der Waals surface area contributed by atoms with E-state index in [2.05, 4.69) is 21.0 Å². The quantitative estimate of drug-likeness (QED) is 0.768. The van der Waals surface area contributed by atoms with Gasteiger partial charge in [0.25, 0.3) is 0 Å². The Morgan fingerprint density at radius 2 is 2.15 bits per heavy atom. The summed E-state index contributed by atoms with van der Waals surface area (Å²) in [4.78, 5) is 0. The Morgan fingerprint density at radius 1 is 1.46 bits per heavy atom. The molecule has 0 aliphatic rings. The maximum Gasteiger partial charge on any atom is 0.132 e. The van der Waals surface area contributed by atoms with Crippen molar-refractivity contribution < 1.29 is 5.11 Å². The van der Waals surface area contributed by atoms with Crippen LogP contribution >= 0.6 is 15.9 Å². The lowest BCUT2D eigenvalue weighted by molar-refractivity contribution is 0.472. The third kappa shape index (κ3) is 1.21. The minimum atomic E-state index is 0.227. The van der Waals surface area contributed by atoms with E-state index in [1.807, 2.05) is 20.0 Å². The zero-order valence-electron chi connectivity index (χ0n) is 7.37. The van der Waals surface area contributed by atoms with Crippen LogP contribution in [-0.4, -0.2) is 14.9 Å². The van der Waals surface area contributed by atoms with Crippen molar-refractivity contribution in [2.24, 2.45) is 7.05 Å². The Bertz CT molecular complexity index is 476. The molecule has 0 fully saturated rings. The number of aromatic nitrogens is 2. The van der Waals surface area contributed by atoms with E-state index in [9.17, 15) is 5.11 Å². The summed E-state index contributed by atoms with van der Waals surface area (Å²) in [6.07, 6.45) is 0. The minimum Gasteiger partial charge on any atom is -0.507 e. The van der Waals surface area contributed by atoms with Crippen LogP contribution in [0.3, 0.4) is 0 Å². The van der Waals surface area contributed by atoms with Crippen LogP contribution < -0.4 is 0 Å². The third-order valence-corrected chi connectivity index (χ3v) is 2.83. The maximum atomic E-state index is 9.42. The Labute approximate surface area is 84.1 Å². The summed E-state index contributed by atoms with van der Waals surface area (Å²) in [6, 6.07) is 3.54. The van der Waals surface area contributed by atoms with Gasteiger partial charge in [0, 0.05) is 24.2 Å². The normalized spacial score (nSPS) is 11.0. The first-order valence-electron chi connectivity index (χ1n) is 3.91. The fourth-order valence-electron chi connectivity index (χ4n) is 1.33. The van der Waals surface area contributed by atoms with Crippen LogP contribution in [0.2, 0.25) is 0 Å². The molecule has 0 saturated heterocycles. The van der Waals surface area contributed by atoms with Crippen molar-refractivity contribution in [2.75, 3.05) is 0 Å². The van der Waals surface area contributed by atoms with Gasteiger partial charge in [-0.3, -0.25) is 4.68 Å². The number of hydrogen-bond donors (Lipinski definition) is 1. The Morgan fingerprint density at radius 3 is 2.85 bits per heavy atom. The third-order valence-electron chi connectivity index (χ3n) is 2.20. The standard InChI is InChI=1S/C9H9BrN2O/c1-5-6-3-7(10)9(13)4-8(6)11-12(5)2/h3-4,13H,1-2H3. The van der Waals surface area contributed by atoms with Gasteiger partial charge >= 0.3 is 0 Å². The first-order chi connectivity index (χ1) is 6.09. The van der Waals surface area contributed by atoms with Crippen LogP contribution in [0.25, 0.3) is 10.9 Å². The molecule has 0 spiro atoms.